The Morgan fingerprint density at radius 3 is 2.25 bits per heavy atom. The summed E-state index contributed by atoms with van der Waals surface area (Å²) >= 11 is 0. The molecule has 0 N–H and O–H groups in total. The molecular weight excluding hydrogens is 406 g/mol. The Morgan fingerprint density at radius 2 is 1.62 bits per heavy atom. The number of hydrogen-bond donors (Lipinski definition) is 0. The zero-order valence-corrected chi connectivity index (χ0v) is 19.6. The summed E-state index contributed by atoms with van der Waals surface area (Å²) < 4.78 is 17.0. The van der Waals surface area contributed by atoms with Crippen LogP contribution in [0.2, 0.25) is 0 Å². The Morgan fingerprint density at radius 1 is 0.969 bits per heavy atom. The molecule has 0 spiro atoms. The van der Waals surface area contributed by atoms with E-state index in [9.17, 15) is 4.79 Å². The lowest BCUT2D eigenvalue weighted by molar-refractivity contribution is 0.0772. The number of aromatic nitrogens is 2. The molecule has 1 aromatic heterocycles. The number of ether oxygens (including phenoxy) is 2. The summed E-state index contributed by atoms with van der Waals surface area (Å²) in [6.45, 7) is 11.5. The van der Waals surface area contributed by atoms with Gasteiger partial charge in [-0.3, -0.25) is 4.79 Å². The van der Waals surface area contributed by atoms with Gasteiger partial charge in [0.2, 0.25) is 11.8 Å². The minimum atomic E-state index is -0.178. The molecule has 3 rings (SSSR count). The lowest BCUT2D eigenvalue weighted by Gasteiger charge is -2.18. The molecule has 0 radical (unpaired) electrons. The normalized spacial score (nSPS) is 11.3. The van der Waals surface area contributed by atoms with Crippen LogP contribution in [0.4, 0.5) is 0 Å². The third kappa shape index (κ3) is 5.46. The molecule has 32 heavy (non-hydrogen) atoms. The molecule has 0 saturated heterocycles. The first-order valence-corrected chi connectivity index (χ1v) is 10.8. The first kappa shape index (κ1) is 23.3. The van der Waals surface area contributed by atoms with Crippen LogP contribution in [0.1, 0.15) is 56.4 Å². The number of hydrogen-bond acceptors (Lipinski definition) is 6. The van der Waals surface area contributed by atoms with Crippen molar-refractivity contribution in [2.45, 2.75) is 46.6 Å². The second kappa shape index (κ2) is 9.85. The van der Waals surface area contributed by atoms with Gasteiger partial charge in [-0.2, -0.15) is 0 Å². The molecule has 3 aromatic rings. The topological polar surface area (TPSA) is 77.7 Å². The average Bonchev–Trinajstić information content (AvgIpc) is 3.22. The van der Waals surface area contributed by atoms with Crippen molar-refractivity contribution in [3.63, 3.8) is 0 Å². The summed E-state index contributed by atoms with van der Waals surface area (Å²) in [6, 6.07) is 13.3. The summed E-state index contributed by atoms with van der Waals surface area (Å²) in [7, 11) is 1.70. The predicted octanol–water partition coefficient (Wildman–Crippen LogP) is 5.10. The molecule has 2 aromatic carbocycles. The van der Waals surface area contributed by atoms with Gasteiger partial charge in [0, 0.05) is 18.2 Å². The van der Waals surface area contributed by atoms with Crippen LogP contribution in [0.25, 0.3) is 11.5 Å². The zero-order valence-electron chi connectivity index (χ0n) is 19.6. The molecule has 1 amide bonds. The molecule has 7 nitrogen and oxygen atoms in total. The maximum absolute atomic E-state index is 12.9. The van der Waals surface area contributed by atoms with E-state index in [0.717, 1.165) is 5.56 Å². The van der Waals surface area contributed by atoms with Gasteiger partial charge in [0.25, 0.3) is 5.91 Å². The van der Waals surface area contributed by atoms with Crippen molar-refractivity contribution in [3.8, 4) is 23.0 Å². The quantitative estimate of drug-likeness (QED) is 0.488. The second-order valence-electron chi connectivity index (χ2n) is 8.52. The fraction of sp³-hybridized carbons (Fsp3) is 0.400. The molecule has 0 saturated carbocycles. The van der Waals surface area contributed by atoms with Crippen molar-refractivity contribution in [3.05, 3.63) is 59.5 Å². The molecule has 1 heterocycles. The van der Waals surface area contributed by atoms with Gasteiger partial charge in [0.1, 0.15) is 0 Å². The molecule has 0 unspecified atom stereocenters. The van der Waals surface area contributed by atoms with Gasteiger partial charge >= 0.3 is 0 Å². The maximum Gasteiger partial charge on any atom is 0.254 e. The van der Waals surface area contributed by atoms with Gasteiger partial charge in [-0.15, -0.1) is 10.2 Å². The van der Waals surface area contributed by atoms with Crippen LogP contribution < -0.4 is 9.47 Å². The Hall–Kier alpha value is -3.35. The number of nitrogens with zero attached hydrogens (tertiary/aromatic N) is 3. The Bertz CT molecular complexity index is 1050. The first-order valence-electron chi connectivity index (χ1n) is 10.8. The zero-order chi connectivity index (χ0) is 23.3. The van der Waals surface area contributed by atoms with Crippen LogP contribution in [0.5, 0.6) is 11.5 Å². The van der Waals surface area contributed by atoms with Gasteiger partial charge in [-0.1, -0.05) is 32.9 Å². The number of amides is 1. The SMILES string of the molecule is CCOc1ccc(C(=O)N(C)Cc2nnc(-c3ccc(C(C)(C)C)cc3)o2)cc1OCC. The number of rotatable bonds is 8. The first-order chi connectivity index (χ1) is 15.2. The summed E-state index contributed by atoms with van der Waals surface area (Å²) in [4.78, 5) is 14.5. The van der Waals surface area contributed by atoms with Crippen LogP contribution >= 0.6 is 0 Å². The Labute approximate surface area is 189 Å². The predicted molar refractivity (Wildman–Crippen MR) is 123 cm³/mol. The number of carbonyl (C=O) groups is 1. The molecule has 170 valence electrons. The van der Waals surface area contributed by atoms with Crippen LogP contribution in [-0.2, 0) is 12.0 Å². The maximum atomic E-state index is 12.9. The van der Waals surface area contributed by atoms with E-state index in [1.54, 1.807) is 25.2 Å². The van der Waals surface area contributed by atoms with Gasteiger partial charge in [-0.25, -0.2) is 0 Å². The van der Waals surface area contributed by atoms with Crippen molar-refractivity contribution in [2.24, 2.45) is 0 Å². The van der Waals surface area contributed by atoms with E-state index >= 15 is 0 Å². The van der Waals surface area contributed by atoms with E-state index in [2.05, 4.69) is 43.1 Å². The molecule has 0 bridgehead atoms. The van der Waals surface area contributed by atoms with E-state index in [1.165, 1.54) is 10.5 Å². The van der Waals surface area contributed by atoms with Crippen LogP contribution in [0.3, 0.4) is 0 Å². The van der Waals surface area contributed by atoms with Crippen molar-refractivity contribution in [2.75, 3.05) is 20.3 Å². The van der Waals surface area contributed by atoms with Crippen molar-refractivity contribution in [1.82, 2.24) is 15.1 Å². The molecule has 0 aliphatic carbocycles. The average molecular weight is 438 g/mol. The highest BCUT2D eigenvalue weighted by Gasteiger charge is 2.19. The second-order valence-corrected chi connectivity index (χ2v) is 8.52. The highest BCUT2D eigenvalue weighted by Crippen LogP contribution is 2.29. The molecular formula is C25H31N3O4. The van der Waals surface area contributed by atoms with E-state index in [4.69, 9.17) is 13.9 Å². The minimum absolute atomic E-state index is 0.0739. The smallest absolute Gasteiger partial charge is 0.254 e. The van der Waals surface area contributed by atoms with Gasteiger partial charge in [0.15, 0.2) is 11.5 Å². The van der Waals surface area contributed by atoms with Gasteiger partial charge in [-0.05, 0) is 55.2 Å². The van der Waals surface area contributed by atoms with Gasteiger partial charge < -0.3 is 18.8 Å². The third-order valence-electron chi connectivity index (χ3n) is 4.97. The molecule has 7 heteroatoms. The van der Waals surface area contributed by atoms with Gasteiger partial charge in [0.05, 0.1) is 19.8 Å². The van der Waals surface area contributed by atoms with Crippen LogP contribution in [0, 0.1) is 0 Å². The Kier molecular flexibility index (Phi) is 7.18. The lowest BCUT2D eigenvalue weighted by atomic mass is 9.87. The summed E-state index contributed by atoms with van der Waals surface area (Å²) in [6.07, 6.45) is 0. The highest BCUT2D eigenvalue weighted by atomic mass is 16.5. The van der Waals surface area contributed by atoms with E-state index in [-0.39, 0.29) is 17.9 Å². The lowest BCUT2D eigenvalue weighted by Crippen LogP contribution is -2.26. The fourth-order valence-electron chi connectivity index (χ4n) is 3.23. The number of carbonyl (C=O) groups excluding carboxylic acids is 1. The van der Waals surface area contributed by atoms with Crippen molar-refractivity contribution < 1.29 is 18.7 Å². The summed E-state index contributed by atoms with van der Waals surface area (Å²) in [5.41, 5.74) is 2.65. The largest absolute Gasteiger partial charge is 0.490 e. The van der Waals surface area contributed by atoms with E-state index in [1.807, 2.05) is 26.0 Å². The minimum Gasteiger partial charge on any atom is -0.490 e. The van der Waals surface area contributed by atoms with E-state index < -0.39 is 0 Å². The molecule has 0 aliphatic rings. The van der Waals surface area contributed by atoms with E-state index in [0.29, 0.717) is 42.1 Å². The summed E-state index contributed by atoms with van der Waals surface area (Å²) in [5, 5.41) is 8.25. The molecule has 0 aliphatic heterocycles. The van der Waals surface area contributed by atoms with Crippen LogP contribution in [0.15, 0.2) is 46.9 Å². The molecule has 0 fully saturated rings. The molecule has 0 atom stereocenters. The Balaban J connectivity index is 1.71. The standard InChI is InChI=1S/C25H31N3O4/c1-7-30-20-14-11-18(15-21(20)31-8-2)24(29)28(6)16-22-26-27-23(32-22)17-9-12-19(13-10-17)25(3,4)5/h9-15H,7-8,16H2,1-6H3. The summed E-state index contributed by atoms with van der Waals surface area (Å²) in [5.74, 6) is 1.79. The van der Waals surface area contributed by atoms with Crippen molar-refractivity contribution >= 4 is 5.91 Å². The monoisotopic (exact) mass is 437 g/mol. The van der Waals surface area contributed by atoms with Crippen LogP contribution in [-0.4, -0.2) is 41.3 Å². The fourth-order valence-corrected chi connectivity index (χ4v) is 3.23. The third-order valence-corrected chi connectivity index (χ3v) is 4.97. The number of benzene rings is 2. The van der Waals surface area contributed by atoms with Crippen molar-refractivity contribution in [1.29, 1.82) is 0 Å². The highest BCUT2D eigenvalue weighted by molar-refractivity contribution is 5.94.